The molecule has 2 fully saturated rings. The summed E-state index contributed by atoms with van der Waals surface area (Å²) in [4.78, 5) is 19.2. The van der Waals surface area contributed by atoms with Crippen LogP contribution < -0.4 is 20.6 Å². The van der Waals surface area contributed by atoms with E-state index >= 15 is 0 Å². The van der Waals surface area contributed by atoms with Gasteiger partial charge in [-0.05, 0) is 37.2 Å². The summed E-state index contributed by atoms with van der Waals surface area (Å²) >= 11 is 6.25. The van der Waals surface area contributed by atoms with Gasteiger partial charge >= 0.3 is 5.69 Å². The van der Waals surface area contributed by atoms with E-state index in [9.17, 15) is 18.0 Å². The normalized spacial score (nSPS) is 15.9. The number of hydrogen-bond donors (Lipinski definition) is 1. The number of benzene rings is 2. The van der Waals surface area contributed by atoms with Gasteiger partial charge < -0.3 is 15.0 Å². The number of nitrogens with one attached hydrogen (secondary N) is 1. The molecule has 2 aliphatic rings. The SMILES string of the molecule is O=c1n(Cc2c(F)cccc2F)cnn1-c1ccc(Oc2cc(N3CC4(CCN4)C3)ncc2Cl)c(F)c1. The van der Waals surface area contributed by atoms with Crippen molar-refractivity contribution in [2.45, 2.75) is 18.5 Å². The van der Waals surface area contributed by atoms with Gasteiger partial charge in [0.15, 0.2) is 17.3 Å². The van der Waals surface area contributed by atoms with Crippen molar-refractivity contribution in [3.63, 3.8) is 0 Å². The monoisotopic (exact) mass is 528 g/mol. The minimum Gasteiger partial charge on any atom is -0.453 e. The van der Waals surface area contributed by atoms with Crippen LogP contribution in [0, 0.1) is 17.5 Å². The van der Waals surface area contributed by atoms with Crippen LogP contribution in [-0.2, 0) is 6.54 Å². The Morgan fingerprint density at radius 1 is 1.05 bits per heavy atom. The van der Waals surface area contributed by atoms with E-state index in [1.807, 2.05) is 0 Å². The summed E-state index contributed by atoms with van der Waals surface area (Å²) in [5, 5.41) is 7.61. The Hall–Kier alpha value is -3.83. The van der Waals surface area contributed by atoms with Gasteiger partial charge in [-0.3, -0.25) is 4.57 Å². The zero-order valence-electron chi connectivity index (χ0n) is 19.3. The largest absolute Gasteiger partial charge is 0.453 e. The molecule has 0 atom stereocenters. The maximum Gasteiger partial charge on any atom is 0.350 e. The molecule has 1 spiro atoms. The second-order valence-electron chi connectivity index (χ2n) is 9.16. The lowest BCUT2D eigenvalue weighted by atomic mass is 9.80. The van der Waals surface area contributed by atoms with Crippen LogP contribution in [-0.4, -0.2) is 44.5 Å². The quantitative estimate of drug-likeness (QED) is 0.409. The number of halogens is 4. The molecular formula is C25H20ClF3N6O2. The Kier molecular flexibility index (Phi) is 5.68. The smallest absolute Gasteiger partial charge is 0.350 e. The highest BCUT2D eigenvalue weighted by Gasteiger charge is 2.47. The van der Waals surface area contributed by atoms with Crippen LogP contribution in [0.5, 0.6) is 11.5 Å². The topological polar surface area (TPSA) is 77.2 Å². The van der Waals surface area contributed by atoms with Crippen LogP contribution in [0.4, 0.5) is 19.0 Å². The third-order valence-electron chi connectivity index (χ3n) is 6.72. The summed E-state index contributed by atoms with van der Waals surface area (Å²) in [5.74, 6) is -1.50. The number of pyridine rings is 1. The molecule has 6 rings (SSSR count). The third-order valence-corrected chi connectivity index (χ3v) is 7.01. The minimum atomic E-state index is -0.779. The second kappa shape index (κ2) is 8.93. The van der Waals surface area contributed by atoms with Crippen molar-refractivity contribution in [3.8, 4) is 17.2 Å². The number of anilines is 1. The molecule has 8 nitrogen and oxygen atoms in total. The Morgan fingerprint density at radius 3 is 2.49 bits per heavy atom. The van der Waals surface area contributed by atoms with E-state index in [2.05, 4.69) is 20.3 Å². The molecule has 0 amide bonds. The molecule has 2 aromatic heterocycles. The molecule has 190 valence electrons. The van der Waals surface area contributed by atoms with Crippen LogP contribution in [0.2, 0.25) is 5.02 Å². The number of ether oxygens (including phenoxy) is 1. The van der Waals surface area contributed by atoms with Crippen LogP contribution in [0.15, 0.2) is 59.8 Å². The predicted octanol–water partition coefficient (Wildman–Crippen LogP) is 3.89. The Balaban J connectivity index is 1.21. The van der Waals surface area contributed by atoms with Crippen molar-refractivity contribution >= 4 is 17.4 Å². The van der Waals surface area contributed by atoms with E-state index in [4.69, 9.17) is 16.3 Å². The van der Waals surface area contributed by atoms with Gasteiger partial charge in [0.05, 0.1) is 24.0 Å². The number of hydrogen-bond acceptors (Lipinski definition) is 6. The summed E-state index contributed by atoms with van der Waals surface area (Å²) in [5.41, 5.74) is -0.683. The first-order valence-electron chi connectivity index (χ1n) is 11.5. The molecule has 2 aromatic carbocycles. The van der Waals surface area contributed by atoms with E-state index in [-0.39, 0.29) is 39.9 Å². The van der Waals surface area contributed by atoms with Crippen LogP contribution in [0.1, 0.15) is 12.0 Å². The van der Waals surface area contributed by atoms with Gasteiger partial charge in [0.2, 0.25) is 0 Å². The van der Waals surface area contributed by atoms with Crippen LogP contribution >= 0.6 is 11.6 Å². The van der Waals surface area contributed by atoms with Crippen molar-refractivity contribution in [2.24, 2.45) is 0 Å². The van der Waals surface area contributed by atoms with Gasteiger partial charge in [-0.25, -0.2) is 22.9 Å². The van der Waals surface area contributed by atoms with Crippen LogP contribution in [0.25, 0.3) is 5.69 Å². The molecule has 4 heterocycles. The third kappa shape index (κ3) is 4.23. The van der Waals surface area contributed by atoms with E-state index in [0.29, 0.717) is 5.82 Å². The summed E-state index contributed by atoms with van der Waals surface area (Å²) in [6, 6.07) is 8.97. The zero-order valence-corrected chi connectivity index (χ0v) is 20.1. The average molecular weight is 529 g/mol. The van der Waals surface area contributed by atoms with Gasteiger partial charge in [0.1, 0.15) is 28.8 Å². The summed E-state index contributed by atoms with van der Waals surface area (Å²) in [6.45, 7) is 2.31. The lowest BCUT2D eigenvalue weighted by Gasteiger charge is -2.56. The lowest BCUT2D eigenvalue weighted by Crippen LogP contribution is -2.76. The Morgan fingerprint density at radius 2 is 1.81 bits per heavy atom. The molecule has 0 aliphatic carbocycles. The molecule has 4 aromatic rings. The Bertz CT molecular complexity index is 1540. The molecule has 0 unspecified atom stereocenters. The minimum absolute atomic E-state index is 0.107. The van der Waals surface area contributed by atoms with E-state index in [1.165, 1.54) is 24.4 Å². The maximum atomic E-state index is 15.0. The van der Waals surface area contributed by atoms with Gasteiger partial charge in [-0.2, -0.15) is 9.78 Å². The predicted molar refractivity (Wildman–Crippen MR) is 130 cm³/mol. The standard InChI is InChI=1S/C25H20ClF3N6O2/c26-17-10-30-23(34-12-25(13-34)6-7-31-25)9-22(17)37-21-5-4-15(8-20(21)29)35-24(36)33(14-32-35)11-16-18(27)2-1-3-19(16)28/h1-5,8-10,14,31H,6-7,11-13H2. The van der Waals surface area contributed by atoms with Crippen molar-refractivity contribution in [1.82, 2.24) is 24.6 Å². The molecule has 0 radical (unpaired) electrons. The highest BCUT2D eigenvalue weighted by Crippen LogP contribution is 2.37. The molecule has 37 heavy (non-hydrogen) atoms. The van der Waals surface area contributed by atoms with Crippen LogP contribution in [0.3, 0.4) is 0 Å². The molecule has 2 aliphatic heterocycles. The van der Waals surface area contributed by atoms with Gasteiger partial charge in [-0.1, -0.05) is 17.7 Å². The first-order valence-corrected chi connectivity index (χ1v) is 11.9. The molecule has 0 saturated carbocycles. The van der Waals surface area contributed by atoms with Crippen molar-refractivity contribution < 1.29 is 17.9 Å². The lowest BCUT2D eigenvalue weighted by molar-refractivity contribution is 0.158. The highest BCUT2D eigenvalue weighted by molar-refractivity contribution is 6.32. The highest BCUT2D eigenvalue weighted by atomic mass is 35.5. The number of aromatic nitrogens is 4. The van der Waals surface area contributed by atoms with E-state index < -0.39 is 23.1 Å². The summed E-state index contributed by atoms with van der Waals surface area (Å²) < 4.78 is 50.6. The second-order valence-corrected chi connectivity index (χ2v) is 9.56. The van der Waals surface area contributed by atoms with Crippen molar-refractivity contribution in [2.75, 3.05) is 24.5 Å². The Labute approximate surface area is 213 Å². The fraction of sp³-hybridized carbons (Fsp3) is 0.240. The average Bonchev–Trinajstić information content (AvgIpc) is 3.18. The number of nitrogens with zero attached hydrogens (tertiary/aromatic N) is 5. The van der Waals surface area contributed by atoms with Gasteiger partial charge in [0.25, 0.3) is 0 Å². The summed E-state index contributed by atoms with van der Waals surface area (Å²) in [6.07, 6.45) is 3.72. The fourth-order valence-electron chi connectivity index (χ4n) is 4.55. The molecular weight excluding hydrogens is 509 g/mol. The van der Waals surface area contributed by atoms with E-state index in [1.54, 1.807) is 6.07 Å². The van der Waals surface area contributed by atoms with Crippen molar-refractivity contribution in [1.29, 1.82) is 0 Å². The molecule has 1 N–H and O–H groups in total. The van der Waals surface area contributed by atoms with Crippen molar-refractivity contribution in [3.05, 3.63) is 93.5 Å². The van der Waals surface area contributed by atoms with Gasteiger partial charge in [0, 0.05) is 30.8 Å². The number of rotatable bonds is 6. The van der Waals surface area contributed by atoms with Gasteiger partial charge in [-0.15, -0.1) is 0 Å². The van der Waals surface area contributed by atoms with E-state index in [0.717, 1.165) is 59.8 Å². The summed E-state index contributed by atoms with van der Waals surface area (Å²) in [7, 11) is 0. The molecule has 0 bridgehead atoms. The first-order chi connectivity index (χ1) is 17.8. The zero-order chi connectivity index (χ0) is 25.7. The molecule has 2 saturated heterocycles. The first kappa shape index (κ1) is 23.6. The molecule has 12 heteroatoms. The maximum absolute atomic E-state index is 15.0. The fourth-order valence-corrected chi connectivity index (χ4v) is 4.69.